The molecule has 12 heteroatoms. The molecule has 0 saturated heterocycles. The van der Waals surface area contributed by atoms with Crippen molar-refractivity contribution in [1.82, 2.24) is 0 Å². The van der Waals surface area contributed by atoms with Gasteiger partial charge in [0, 0.05) is 19.3 Å². The molecule has 0 aliphatic carbocycles. The van der Waals surface area contributed by atoms with Gasteiger partial charge >= 0.3 is 25.7 Å². The number of esters is 3. The molecular formula is C66H121O11P. The highest BCUT2D eigenvalue weighted by molar-refractivity contribution is 7.47. The highest BCUT2D eigenvalue weighted by Crippen LogP contribution is 2.43. The van der Waals surface area contributed by atoms with Crippen molar-refractivity contribution >= 4 is 25.7 Å². The van der Waals surface area contributed by atoms with Gasteiger partial charge < -0.3 is 24.2 Å². The third-order valence-electron chi connectivity index (χ3n) is 14.2. The summed E-state index contributed by atoms with van der Waals surface area (Å²) in [5.41, 5.74) is 0. The van der Waals surface area contributed by atoms with Gasteiger partial charge in [0.05, 0.1) is 19.8 Å². The lowest BCUT2D eigenvalue weighted by Crippen LogP contribution is -2.30. The Morgan fingerprint density at radius 3 is 1.04 bits per heavy atom. The highest BCUT2D eigenvalue weighted by atomic mass is 31.2. The Balaban J connectivity index is 4.67. The quantitative estimate of drug-likeness (QED) is 0.0197. The Hall–Kier alpha value is -2.56. The second kappa shape index (κ2) is 60.5. The predicted octanol–water partition coefficient (Wildman–Crippen LogP) is 19.7. The first kappa shape index (κ1) is 75.4. The van der Waals surface area contributed by atoms with Gasteiger partial charge in [0.2, 0.25) is 0 Å². The number of carbonyl (C=O) groups excluding carboxylic acids is 3. The van der Waals surface area contributed by atoms with Crippen molar-refractivity contribution in [3.05, 3.63) is 48.6 Å². The number of phosphoric ester groups is 1. The van der Waals surface area contributed by atoms with Crippen LogP contribution in [0.3, 0.4) is 0 Å². The van der Waals surface area contributed by atoms with E-state index in [4.69, 9.17) is 23.3 Å². The molecule has 0 fully saturated rings. The Labute approximate surface area is 479 Å². The Kier molecular flexibility index (Phi) is 58.5. The van der Waals surface area contributed by atoms with Crippen LogP contribution >= 0.6 is 7.82 Å². The lowest BCUT2D eigenvalue weighted by atomic mass is 10.0. The minimum Gasteiger partial charge on any atom is -0.462 e. The first-order valence-electron chi connectivity index (χ1n) is 32.5. The van der Waals surface area contributed by atoms with Crippen LogP contribution in [-0.2, 0) is 42.2 Å². The van der Waals surface area contributed by atoms with Crippen LogP contribution in [0.1, 0.15) is 316 Å². The van der Waals surface area contributed by atoms with Crippen LogP contribution in [0.15, 0.2) is 48.6 Å². The molecule has 0 aromatic rings. The van der Waals surface area contributed by atoms with Crippen LogP contribution in [0.25, 0.3) is 0 Å². The predicted molar refractivity (Wildman–Crippen MR) is 325 cm³/mol. The lowest BCUT2D eigenvalue weighted by molar-refractivity contribution is -0.161. The number of hydrogen-bond acceptors (Lipinski definition) is 10. The van der Waals surface area contributed by atoms with E-state index in [1.807, 2.05) is 0 Å². The summed E-state index contributed by atoms with van der Waals surface area (Å²) in [7, 11) is -4.75. The van der Waals surface area contributed by atoms with Gasteiger partial charge in [0.1, 0.15) is 12.7 Å². The fourth-order valence-corrected chi connectivity index (χ4v) is 10.1. The van der Waals surface area contributed by atoms with Crippen LogP contribution in [0.5, 0.6) is 0 Å². The minimum atomic E-state index is -4.75. The number of aliphatic hydroxyl groups is 1. The van der Waals surface area contributed by atoms with E-state index in [-0.39, 0.29) is 25.9 Å². The number of phosphoric acid groups is 1. The van der Waals surface area contributed by atoms with E-state index in [9.17, 15) is 28.9 Å². The van der Waals surface area contributed by atoms with Crippen molar-refractivity contribution in [2.24, 2.45) is 0 Å². The molecule has 0 aromatic carbocycles. The first-order valence-corrected chi connectivity index (χ1v) is 34.0. The Morgan fingerprint density at radius 1 is 0.372 bits per heavy atom. The molecule has 2 N–H and O–H groups in total. The van der Waals surface area contributed by atoms with Crippen molar-refractivity contribution in [2.45, 2.75) is 328 Å². The second-order valence-electron chi connectivity index (χ2n) is 21.9. The van der Waals surface area contributed by atoms with Gasteiger partial charge in [-0.2, -0.15) is 0 Å². The molecule has 3 atom stereocenters. The van der Waals surface area contributed by atoms with Crippen LogP contribution < -0.4 is 0 Å². The van der Waals surface area contributed by atoms with E-state index in [0.717, 1.165) is 96.3 Å². The summed E-state index contributed by atoms with van der Waals surface area (Å²) in [5.74, 6) is -1.46. The molecule has 0 aliphatic rings. The number of aliphatic hydroxyl groups excluding tert-OH is 1. The largest absolute Gasteiger partial charge is 0.472 e. The highest BCUT2D eigenvalue weighted by Gasteiger charge is 2.28. The van der Waals surface area contributed by atoms with Gasteiger partial charge in [-0.3, -0.25) is 23.4 Å². The van der Waals surface area contributed by atoms with Gasteiger partial charge in [-0.05, 0) is 77.0 Å². The van der Waals surface area contributed by atoms with Gasteiger partial charge in [0.15, 0.2) is 6.10 Å². The minimum absolute atomic E-state index is 0.163. The molecule has 0 spiro atoms. The summed E-state index contributed by atoms with van der Waals surface area (Å²) in [6.07, 6.45) is 66.3. The van der Waals surface area contributed by atoms with E-state index in [1.165, 1.54) is 161 Å². The van der Waals surface area contributed by atoms with E-state index in [0.29, 0.717) is 19.3 Å². The van der Waals surface area contributed by atoms with Crippen molar-refractivity contribution in [3.63, 3.8) is 0 Å². The molecule has 0 radical (unpaired) electrons. The molecular weight excluding hydrogens is 1000 g/mol. The molecule has 0 aromatic heterocycles. The van der Waals surface area contributed by atoms with Crippen LogP contribution in [0.2, 0.25) is 0 Å². The van der Waals surface area contributed by atoms with Crippen LogP contribution in [0, 0.1) is 0 Å². The molecule has 0 aliphatic heterocycles. The molecule has 0 bridgehead atoms. The maximum absolute atomic E-state index is 13.0. The van der Waals surface area contributed by atoms with E-state index >= 15 is 0 Å². The Morgan fingerprint density at radius 2 is 0.667 bits per heavy atom. The number of unbranched alkanes of at least 4 members (excludes halogenated alkanes) is 36. The zero-order chi connectivity index (χ0) is 56.9. The second-order valence-corrected chi connectivity index (χ2v) is 23.4. The zero-order valence-corrected chi connectivity index (χ0v) is 51.5. The molecule has 456 valence electrons. The number of hydrogen-bond donors (Lipinski definition) is 2. The van der Waals surface area contributed by atoms with Gasteiger partial charge in [-0.15, -0.1) is 0 Å². The molecule has 0 saturated carbocycles. The standard InChI is InChI=1S/C66H121O11P/c1-4-7-10-13-16-19-22-25-28-31-34-37-40-43-46-49-52-55-64(68)73-59-63(77-66(70)57-54-51-48-45-42-39-36-33-30-27-24-21-18-15-12-9-6-3)61-75-78(71,72)74-60-62(58-67)76-65(69)56-53-50-47-44-41-38-35-32-29-26-23-20-17-14-11-8-5-2/h7,10,16,19,25,27-28,30,62-63,67H,4-6,8-9,11-15,17-18,20-24,26,29,31-61H2,1-3H3,(H,71,72)/b10-7-,19-16-,28-25-,30-27-. The monoisotopic (exact) mass is 1120 g/mol. The fourth-order valence-electron chi connectivity index (χ4n) is 9.31. The molecule has 0 amide bonds. The van der Waals surface area contributed by atoms with Crippen molar-refractivity contribution in [1.29, 1.82) is 0 Å². The van der Waals surface area contributed by atoms with Crippen molar-refractivity contribution in [3.8, 4) is 0 Å². The summed E-state index contributed by atoms with van der Waals surface area (Å²) in [4.78, 5) is 48.8. The van der Waals surface area contributed by atoms with Gasteiger partial charge in [0.25, 0.3) is 0 Å². The topological polar surface area (TPSA) is 155 Å². The Bertz CT molecular complexity index is 1490. The van der Waals surface area contributed by atoms with Crippen molar-refractivity contribution in [2.75, 3.05) is 26.4 Å². The summed E-state index contributed by atoms with van der Waals surface area (Å²) in [6.45, 7) is 4.58. The molecule has 0 heterocycles. The fraction of sp³-hybridized carbons (Fsp3) is 0.833. The number of allylic oxidation sites excluding steroid dienone is 8. The molecule has 78 heavy (non-hydrogen) atoms. The van der Waals surface area contributed by atoms with E-state index in [1.54, 1.807) is 0 Å². The average molecular weight is 1120 g/mol. The maximum atomic E-state index is 13.0. The zero-order valence-electron chi connectivity index (χ0n) is 50.6. The third-order valence-corrected chi connectivity index (χ3v) is 15.2. The van der Waals surface area contributed by atoms with Gasteiger partial charge in [-0.1, -0.05) is 268 Å². The van der Waals surface area contributed by atoms with Crippen molar-refractivity contribution < 1.29 is 52.2 Å². The summed E-state index contributed by atoms with van der Waals surface area (Å²) >= 11 is 0. The van der Waals surface area contributed by atoms with E-state index in [2.05, 4.69) is 69.4 Å². The lowest BCUT2D eigenvalue weighted by Gasteiger charge is -2.21. The number of rotatable bonds is 61. The molecule has 0 rings (SSSR count). The molecule has 11 nitrogen and oxygen atoms in total. The average Bonchev–Trinajstić information content (AvgIpc) is 3.43. The first-order chi connectivity index (χ1) is 38.2. The van der Waals surface area contributed by atoms with Gasteiger partial charge in [-0.25, -0.2) is 4.57 Å². The SMILES string of the molecule is CC/C=C\C/C=C\C/C=C\CCCCCCCCCC(=O)OCC(COP(=O)(O)OCC(CO)OC(=O)CCCCCCCCCCCCCCCCCCC)OC(=O)CCCCCCCCC/C=C\CCCCCCCC. The van der Waals surface area contributed by atoms with Crippen LogP contribution in [-0.4, -0.2) is 66.5 Å². The number of carbonyl (C=O) groups is 3. The molecule has 3 unspecified atom stereocenters. The summed E-state index contributed by atoms with van der Waals surface area (Å²) < 4.78 is 39.7. The van der Waals surface area contributed by atoms with Crippen LogP contribution in [0.4, 0.5) is 0 Å². The number of ether oxygens (including phenoxy) is 3. The maximum Gasteiger partial charge on any atom is 0.472 e. The third kappa shape index (κ3) is 58.1. The summed E-state index contributed by atoms with van der Waals surface area (Å²) in [5, 5.41) is 9.86. The smallest absolute Gasteiger partial charge is 0.462 e. The summed E-state index contributed by atoms with van der Waals surface area (Å²) in [6, 6.07) is 0. The van der Waals surface area contributed by atoms with E-state index < -0.39 is 57.8 Å². The normalized spacial score (nSPS) is 13.6.